The molecule has 2 rings (SSSR count). The zero-order valence-electron chi connectivity index (χ0n) is 8.87. The van der Waals surface area contributed by atoms with Gasteiger partial charge in [0.15, 0.2) is 11.6 Å². The number of hydrogen-bond acceptors (Lipinski definition) is 3. The van der Waals surface area contributed by atoms with Crippen LogP contribution in [0.4, 0.5) is 0 Å². The SMILES string of the molecule is CC[C@H]1C[C@H]2O[C@@](C)(O1)C(C)=CC2=O. The highest BCUT2D eigenvalue weighted by Gasteiger charge is 2.45. The van der Waals surface area contributed by atoms with E-state index in [1.54, 1.807) is 6.08 Å². The van der Waals surface area contributed by atoms with Gasteiger partial charge >= 0.3 is 0 Å². The molecule has 0 N–H and O–H groups in total. The lowest BCUT2D eigenvalue weighted by Crippen LogP contribution is -2.52. The van der Waals surface area contributed by atoms with Crippen molar-refractivity contribution in [2.75, 3.05) is 0 Å². The third kappa shape index (κ3) is 1.41. The van der Waals surface area contributed by atoms with Crippen molar-refractivity contribution in [3.8, 4) is 0 Å². The molecule has 0 aromatic carbocycles. The van der Waals surface area contributed by atoms with Crippen LogP contribution in [-0.4, -0.2) is 23.8 Å². The van der Waals surface area contributed by atoms with Crippen LogP contribution in [0, 0.1) is 0 Å². The molecular weight excluding hydrogens is 180 g/mol. The fourth-order valence-electron chi connectivity index (χ4n) is 2.00. The zero-order valence-corrected chi connectivity index (χ0v) is 8.87. The maximum atomic E-state index is 11.6. The summed E-state index contributed by atoms with van der Waals surface area (Å²) in [5, 5.41) is 0. The van der Waals surface area contributed by atoms with E-state index in [2.05, 4.69) is 6.92 Å². The van der Waals surface area contributed by atoms with E-state index in [0.717, 1.165) is 12.0 Å². The van der Waals surface area contributed by atoms with Gasteiger partial charge in [-0.25, -0.2) is 0 Å². The smallest absolute Gasteiger partial charge is 0.189 e. The largest absolute Gasteiger partial charge is 0.343 e. The van der Waals surface area contributed by atoms with Crippen molar-refractivity contribution in [1.82, 2.24) is 0 Å². The second-order valence-electron chi connectivity index (χ2n) is 4.17. The van der Waals surface area contributed by atoms with Crippen LogP contribution in [-0.2, 0) is 14.3 Å². The molecule has 1 fully saturated rings. The summed E-state index contributed by atoms with van der Waals surface area (Å²) < 4.78 is 11.4. The Labute approximate surface area is 84.1 Å². The Balaban J connectivity index is 2.31. The number of rotatable bonds is 1. The molecule has 3 heteroatoms. The molecule has 3 nitrogen and oxygen atoms in total. The molecule has 0 unspecified atom stereocenters. The van der Waals surface area contributed by atoms with Crippen LogP contribution in [0.2, 0.25) is 0 Å². The van der Waals surface area contributed by atoms with Crippen LogP contribution in [0.15, 0.2) is 11.6 Å². The molecular formula is C11H16O3. The standard InChI is InChI=1S/C11H16O3/c1-4-8-6-10-9(12)5-7(2)11(3,13-8)14-10/h5,8,10H,4,6H2,1-3H3/t8-,10+,11+/m0/s1. The average Bonchev–Trinajstić information content (AvgIpc) is 2.15. The van der Waals surface area contributed by atoms with Gasteiger partial charge in [0.2, 0.25) is 0 Å². The summed E-state index contributed by atoms with van der Waals surface area (Å²) >= 11 is 0. The molecule has 1 saturated heterocycles. The number of carbonyl (C=O) groups excluding carboxylic acids is 1. The number of fused-ring (bicyclic) bond motifs is 2. The molecule has 3 atom stereocenters. The van der Waals surface area contributed by atoms with Gasteiger partial charge in [0, 0.05) is 6.42 Å². The molecule has 2 heterocycles. The predicted molar refractivity (Wildman–Crippen MR) is 51.8 cm³/mol. The summed E-state index contributed by atoms with van der Waals surface area (Å²) in [5.41, 5.74) is 0.872. The minimum absolute atomic E-state index is 0.0849. The van der Waals surface area contributed by atoms with E-state index in [1.807, 2.05) is 13.8 Å². The van der Waals surface area contributed by atoms with Gasteiger partial charge in [-0.3, -0.25) is 4.79 Å². The number of hydrogen-bond donors (Lipinski definition) is 0. The molecule has 2 bridgehead atoms. The van der Waals surface area contributed by atoms with Crippen LogP contribution >= 0.6 is 0 Å². The molecule has 0 amide bonds. The van der Waals surface area contributed by atoms with Crippen molar-refractivity contribution in [1.29, 1.82) is 0 Å². The molecule has 14 heavy (non-hydrogen) atoms. The monoisotopic (exact) mass is 196 g/mol. The van der Waals surface area contributed by atoms with Crippen molar-refractivity contribution >= 4 is 5.78 Å². The average molecular weight is 196 g/mol. The molecule has 2 aliphatic heterocycles. The third-order valence-corrected chi connectivity index (χ3v) is 3.08. The second kappa shape index (κ2) is 3.17. The first kappa shape index (κ1) is 9.87. The van der Waals surface area contributed by atoms with Gasteiger partial charge in [0.1, 0.15) is 6.10 Å². The fourth-order valence-corrected chi connectivity index (χ4v) is 2.00. The molecule has 0 aliphatic carbocycles. The quantitative estimate of drug-likeness (QED) is 0.641. The topological polar surface area (TPSA) is 35.5 Å². The minimum atomic E-state index is -0.669. The van der Waals surface area contributed by atoms with Crippen molar-refractivity contribution in [3.05, 3.63) is 11.6 Å². The van der Waals surface area contributed by atoms with Gasteiger partial charge < -0.3 is 9.47 Å². The molecule has 0 spiro atoms. The van der Waals surface area contributed by atoms with Crippen molar-refractivity contribution in [2.24, 2.45) is 0 Å². The summed E-state index contributed by atoms with van der Waals surface area (Å²) in [7, 11) is 0. The van der Waals surface area contributed by atoms with Gasteiger partial charge in [-0.05, 0) is 31.9 Å². The van der Waals surface area contributed by atoms with Gasteiger partial charge in [0.05, 0.1) is 6.10 Å². The number of carbonyl (C=O) groups is 1. The molecule has 0 saturated carbocycles. The lowest BCUT2D eigenvalue weighted by Gasteiger charge is -2.45. The Bertz CT molecular complexity index is 295. The summed E-state index contributed by atoms with van der Waals surface area (Å²) in [4.78, 5) is 11.6. The maximum absolute atomic E-state index is 11.6. The Morgan fingerprint density at radius 2 is 2.29 bits per heavy atom. The predicted octanol–water partition coefficient (Wildman–Crippen LogP) is 1.82. The highest BCUT2D eigenvalue weighted by Crippen LogP contribution is 2.37. The van der Waals surface area contributed by atoms with E-state index in [-0.39, 0.29) is 18.0 Å². The van der Waals surface area contributed by atoms with Gasteiger partial charge in [-0.2, -0.15) is 0 Å². The van der Waals surface area contributed by atoms with Crippen LogP contribution in [0.25, 0.3) is 0 Å². The normalized spacial score (nSPS) is 42.2. The summed E-state index contributed by atoms with van der Waals surface area (Å²) in [6, 6.07) is 0. The lowest BCUT2D eigenvalue weighted by atomic mass is 9.94. The number of ether oxygens (including phenoxy) is 2. The Morgan fingerprint density at radius 1 is 1.57 bits per heavy atom. The van der Waals surface area contributed by atoms with Crippen LogP contribution in [0.1, 0.15) is 33.6 Å². The summed E-state index contributed by atoms with van der Waals surface area (Å²) in [6.07, 6.45) is 3.12. The van der Waals surface area contributed by atoms with Gasteiger partial charge in [-0.1, -0.05) is 6.92 Å². The molecule has 2 aliphatic rings. The first-order valence-electron chi connectivity index (χ1n) is 5.13. The first-order chi connectivity index (χ1) is 6.55. The fraction of sp³-hybridized carbons (Fsp3) is 0.727. The Morgan fingerprint density at radius 3 is 2.93 bits per heavy atom. The third-order valence-electron chi connectivity index (χ3n) is 3.08. The van der Waals surface area contributed by atoms with E-state index in [4.69, 9.17) is 9.47 Å². The van der Waals surface area contributed by atoms with Crippen LogP contribution in [0.3, 0.4) is 0 Å². The Kier molecular flexibility index (Phi) is 2.24. The van der Waals surface area contributed by atoms with Crippen molar-refractivity contribution < 1.29 is 14.3 Å². The number of ketones is 1. The van der Waals surface area contributed by atoms with E-state index in [9.17, 15) is 4.79 Å². The van der Waals surface area contributed by atoms with Crippen LogP contribution in [0.5, 0.6) is 0 Å². The van der Waals surface area contributed by atoms with E-state index in [1.165, 1.54) is 0 Å². The molecule has 0 aromatic heterocycles. The second-order valence-corrected chi connectivity index (χ2v) is 4.17. The van der Waals surface area contributed by atoms with Crippen LogP contribution < -0.4 is 0 Å². The highest BCUT2D eigenvalue weighted by molar-refractivity contribution is 5.95. The van der Waals surface area contributed by atoms with Crippen molar-refractivity contribution in [3.63, 3.8) is 0 Å². The lowest BCUT2D eigenvalue weighted by molar-refractivity contribution is -0.285. The summed E-state index contributed by atoms with van der Waals surface area (Å²) in [6.45, 7) is 5.84. The first-order valence-corrected chi connectivity index (χ1v) is 5.13. The minimum Gasteiger partial charge on any atom is -0.343 e. The maximum Gasteiger partial charge on any atom is 0.189 e. The van der Waals surface area contributed by atoms with Gasteiger partial charge in [-0.15, -0.1) is 0 Å². The molecule has 0 radical (unpaired) electrons. The van der Waals surface area contributed by atoms with E-state index >= 15 is 0 Å². The van der Waals surface area contributed by atoms with Gasteiger partial charge in [0.25, 0.3) is 0 Å². The zero-order chi connectivity index (χ0) is 10.3. The van der Waals surface area contributed by atoms with Crippen molar-refractivity contribution in [2.45, 2.75) is 51.6 Å². The molecule has 78 valence electrons. The summed E-state index contributed by atoms with van der Waals surface area (Å²) in [5.74, 6) is -0.584. The van der Waals surface area contributed by atoms with E-state index < -0.39 is 5.79 Å². The highest BCUT2D eigenvalue weighted by atomic mass is 16.7. The molecule has 0 aromatic rings. The Hall–Kier alpha value is -0.670. The van der Waals surface area contributed by atoms with E-state index in [0.29, 0.717) is 6.42 Å².